The van der Waals surface area contributed by atoms with Gasteiger partial charge in [-0.25, -0.2) is 9.97 Å². The Labute approximate surface area is 162 Å². The summed E-state index contributed by atoms with van der Waals surface area (Å²) in [6.45, 7) is 3.45. The van der Waals surface area contributed by atoms with Crippen LogP contribution in [0.15, 0.2) is 77.1 Å². The first-order valence-corrected chi connectivity index (χ1v) is 8.70. The quantitative estimate of drug-likeness (QED) is 0.372. The summed E-state index contributed by atoms with van der Waals surface area (Å²) >= 11 is 0. The minimum atomic E-state index is -0.224. The predicted molar refractivity (Wildman–Crippen MR) is 110 cm³/mol. The minimum absolute atomic E-state index is 0.00881. The molecule has 0 saturated heterocycles. The molecule has 5 rings (SSSR count). The zero-order chi connectivity index (χ0) is 21.9. The summed E-state index contributed by atoms with van der Waals surface area (Å²) in [7, 11) is 0. The van der Waals surface area contributed by atoms with E-state index in [1.165, 1.54) is 0 Å². The number of benzene rings is 3. The van der Waals surface area contributed by atoms with Crippen LogP contribution < -0.4 is 0 Å². The fraction of sp³-hybridized carbons (Fsp3) is 0.0833. The van der Waals surface area contributed by atoms with E-state index in [4.69, 9.17) is 14.9 Å². The maximum Gasteiger partial charge on any atom is 0.160 e. The summed E-state index contributed by atoms with van der Waals surface area (Å²) in [6.07, 6.45) is 0. The van der Waals surface area contributed by atoms with Crippen molar-refractivity contribution in [3.8, 4) is 22.6 Å². The van der Waals surface area contributed by atoms with Crippen molar-refractivity contribution in [2.75, 3.05) is 0 Å². The molecule has 0 bridgehead atoms. The lowest BCUT2D eigenvalue weighted by Crippen LogP contribution is -1.95. The van der Waals surface area contributed by atoms with Gasteiger partial charge in [-0.05, 0) is 38.1 Å². The molecular weight excluding hydrogens is 332 g/mol. The van der Waals surface area contributed by atoms with E-state index in [0.29, 0.717) is 17.0 Å². The normalized spacial score (nSPS) is 13.4. The van der Waals surface area contributed by atoms with E-state index >= 15 is 0 Å². The van der Waals surface area contributed by atoms with Crippen molar-refractivity contribution in [2.45, 2.75) is 13.8 Å². The lowest BCUT2D eigenvalue weighted by molar-refractivity contribution is 0.669. The number of furan rings is 1. The first-order valence-electron chi connectivity index (χ1n) is 10.7. The van der Waals surface area contributed by atoms with Crippen LogP contribution in [0.3, 0.4) is 0 Å². The Morgan fingerprint density at radius 3 is 2.70 bits per heavy atom. The highest BCUT2D eigenvalue weighted by atomic mass is 16.3. The molecule has 0 amide bonds. The number of para-hydroxylation sites is 1. The molecule has 27 heavy (non-hydrogen) atoms. The molecule has 0 atom stereocenters. The fourth-order valence-corrected chi connectivity index (χ4v) is 3.36. The van der Waals surface area contributed by atoms with Crippen molar-refractivity contribution in [2.24, 2.45) is 0 Å². The molecule has 0 aliphatic carbocycles. The topological polar surface area (TPSA) is 38.9 Å². The average Bonchev–Trinajstić information content (AvgIpc) is 3.15. The first-order chi connectivity index (χ1) is 14.9. The van der Waals surface area contributed by atoms with Crippen LogP contribution >= 0.6 is 0 Å². The third-order valence-corrected chi connectivity index (χ3v) is 4.51. The van der Waals surface area contributed by atoms with Gasteiger partial charge in [-0.2, -0.15) is 0 Å². The Kier molecular flexibility index (Phi) is 2.70. The molecule has 3 heteroatoms. The standard InChI is InChI=1S/C24H18N2O/c1-15-7-5-8-17(13-15)24-25-16(2)14-20(26-24)18-10-6-12-22-23(18)19-9-3-4-11-21(19)27-22/h3-14H,1-2H3/i5D,7D,8D,13D. The average molecular weight is 354 g/mol. The number of aryl methyl sites for hydroxylation is 1. The molecule has 0 N–H and O–H groups in total. The summed E-state index contributed by atoms with van der Waals surface area (Å²) in [5.41, 5.74) is 4.26. The Hall–Kier alpha value is -3.46. The summed E-state index contributed by atoms with van der Waals surface area (Å²) in [5.74, 6) is 0.214. The van der Waals surface area contributed by atoms with E-state index in [2.05, 4.69) is 4.98 Å². The van der Waals surface area contributed by atoms with Crippen molar-refractivity contribution >= 4 is 21.9 Å². The van der Waals surface area contributed by atoms with Crippen LogP contribution in [-0.4, -0.2) is 9.97 Å². The van der Waals surface area contributed by atoms with Crippen LogP contribution in [-0.2, 0) is 0 Å². The molecule has 0 fully saturated rings. The molecule has 0 radical (unpaired) electrons. The largest absolute Gasteiger partial charge is 0.456 e. The van der Waals surface area contributed by atoms with E-state index in [9.17, 15) is 0 Å². The second-order valence-corrected chi connectivity index (χ2v) is 6.50. The van der Waals surface area contributed by atoms with Gasteiger partial charge in [-0.3, -0.25) is 0 Å². The molecule has 0 aliphatic heterocycles. The Bertz CT molecular complexity index is 1480. The smallest absolute Gasteiger partial charge is 0.160 e. The van der Waals surface area contributed by atoms with Crippen molar-refractivity contribution < 1.29 is 9.90 Å². The van der Waals surface area contributed by atoms with Gasteiger partial charge in [-0.1, -0.05) is 54.0 Å². The second kappa shape index (κ2) is 6.06. The summed E-state index contributed by atoms with van der Waals surface area (Å²) in [5, 5.41) is 1.93. The van der Waals surface area contributed by atoms with Crippen molar-refractivity contribution in [1.29, 1.82) is 0 Å². The third kappa shape index (κ3) is 2.68. The van der Waals surface area contributed by atoms with Crippen molar-refractivity contribution in [3.05, 3.63) is 84.0 Å². The Balaban J connectivity index is 1.81. The summed E-state index contributed by atoms with van der Waals surface area (Å²) in [6, 6.07) is 14.9. The maximum atomic E-state index is 8.45. The molecule has 5 aromatic rings. The molecule has 0 saturated carbocycles. The zero-order valence-corrected chi connectivity index (χ0v) is 14.9. The van der Waals surface area contributed by atoms with Crippen LogP contribution in [0.1, 0.15) is 16.7 Å². The molecule has 3 aromatic carbocycles. The minimum Gasteiger partial charge on any atom is -0.456 e. The zero-order valence-electron chi connectivity index (χ0n) is 18.9. The van der Waals surface area contributed by atoms with E-state index in [0.717, 1.165) is 27.5 Å². The Morgan fingerprint density at radius 1 is 0.926 bits per heavy atom. The van der Waals surface area contributed by atoms with Gasteiger partial charge in [0.2, 0.25) is 0 Å². The van der Waals surface area contributed by atoms with Crippen LogP contribution in [0.4, 0.5) is 0 Å². The van der Waals surface area contributed by atoms with Gasteiger partial charge in [0.05, 0.1) is 11.2 Å². The Morgan fingerprint density at radius 2 is 1.78 bits per heavy atom. The summed E-state index contributed by atoms with van der Waals surface area (Å²) in [4.78, 5) is 9.18. The highest BCUT2D eigenvalue weighted by Gasteiger charge is 2.14. The van der Waals surface area contributed by atoms with Crippen LogP contribution in [0.2, 0.25) is 0 Å². The molecule has 2 aromatic heterocycles. The number of fused-ring (bicyclic) bond motifs is 3. The molecule has 0 aliphatic rings. The van der Waals surface area contributed by atoms with Gasteiger partial charge in [0.1, 0.15) is 11.2 Å². The first kappa shape index (κ1) is 12.0. The molecule has 0 spiro atoms. The predicted octanol–water partition coefficient (Wildman–Crippen LogP) is 6.33. The van der Waals surface area contributed by atoms with E-state index in [-0.39, 0.29) is 35.6 Å². The SMILES string of the molecule is [2H]c1c([2H])c(C)c([2H])c(-c2nc(C)cc(-c3cccc4oc5ccccc5c34)n2)c1[2H]. The second-order valence-electron chi connectivity index (χ2n) is 6.50. The number of hydrogen-bond acceptors (Lipinski definition) is 3. The van der Waals surface area contributed by atoms with Crippen LogP contribution in [0, 0.1) is 13.8 Å². The summed E-state index contributed by atoms with van der Waals surface area (Å²) < 4.78 is 38.9. The molecular formula is C24H18N2O. The maximum absolute atomic E-state index is 8.45. The van der Waals surface area contributed by atoms with E-state index in [1.54, 1.807) is 6.92 Å². The van der Waals surface area contributed by atoms with Gasteiger partial charge >= 0.3 is 0 Å². The lowest BCUT2D eigenvalue weighted by Gasteiger charge is -2.08. The van der Waals surface area contributed by atoms with Gasteiger partial charge in [0.15, 0.2) is 5.82 Å². The van der Waals surface area contributed by atoms with Gasteiger partial charge < -0.3 is 4.42 Å². The molecule has 3 nitrogen and oxygen atoms in total. The van der Waals surface area contributed by atoms with Crippen molar-refractivity contribution in [1.82, 2.24) is 9.97 Å². The number of hydrogen-bond donors (Lipinski definition) is 0. The molecule has 0 unspecified atom stereocenters. The highest BCUT2D eigenvalue weighted by molar-refractivity contribution is 6.12. The van der Waals surface area contributed by atoms with Crippen LogP contribution in [0.5, 0.6) is 0 Å². The number of aromatic nitrogens is 2. The number of rotatable bonds is 2. The van der Waals surface area contributed by atoms with Gasteiger partial charge in [0.25, 0.3) is 0 Å². The van der Waals surface area contributed by atoms with E-state index in [1.807, 2.05) is 55.5 Å². The molecule has 130 valence electrons. The highest BCUT2D eigenvalue weighted by Crippen LogP contribution is 2.36. The van der Waals surface area contributed by atoms with Crippen LogP contribution in [0.25, 0.3) is 44.6 Å². The van der Waals surface area contributed by atoms with Gasteiger partial charge in [-0.15, -0.1) is 0 Å². The lowest BCUT2D eigenvalue weighted by atomic mass is 10.0. The monoisotopic (exact) mass is 354 g/mol. The third-order valence-electron chi connectivity index (χ3n) is 4.51. The van der Waals surface area contributed by atoms with Gasteiger partial charge in [0, 0.05) is 27.6 Å². The number of nitrogens with zero attached hydrogens (tertiary/aromatic N) is 2. The molecule has 2 heterocycles. The van der Waals surface area contributed by atoms with Crippen molar-refractivity contribution in [3.63, 3.8) is 0 Å². The fourth-order valence-electron chi connectivity index (χ4n) is 3.36. The van der Waals surface area contributed by atoms with E-state index < -0.39 is 0 Å².